The number of carbonyl (C=O) groups excluding carboxylic acids is 2. The van der Waals surface area contributed by atoms with E-state index in [0.717, 1.165) is 24.0 Å². The normalized spacial score (nSPS) is 17.8. The Bertz CT molecular complexity index is 942. The number of hydrogen-bond acceptors (Lipinski definition) is 7. The van der Waals surface area contributed by atoms with Gasteiger partial charge < -0.3 is 19.5 Å². The van der Waals surface area contributed by atoms with Crippen LogP contribution in [0.3, 0.4) is 0 Å². The highest BCUT2D eigenvalue weighted by atomic mass is 16.5. The molecule has 9 nitrogen and oxygen atoms in total. The summed E-state index contributed by atoms with van der Waals surface area (Å²) in [6, 6.07) is 3.75. The zero-order valence-electron chi connectivity index (χ0n) is 15.1. The van der Waals surface area contributed by atoms with Gasteiger partial charge in [0.2, 0.25) is 5.91 Å². The first-order chi connectivity index (χ1) is 13.1. The largest absolute Gasteiger partial charge is 0.464 e. The number of nitrogens with one attached hydrogen (secondary N) is 1. The van der Waals surface area contributed by atoms with E-state index in [1.54, 1.807) is 6.07 Å². The number of hydrogen-bond donors (Lipinski definition) is 1. The predicted octanol–water partition coefficient (Wildman–Crippen LogP) is 1.23. The molecule has 0 aromatic carbocycles. The van der Waals surface area contributed by atoms with Gasteiger partial charge in [0.05, 0.1) is 24.1 Å². The number of nitrogens with zero attached hydrogens (tertiary/aromatic N) is 5. The molecule has 27 heavy (non-hydrogen) atoms. The molecule has 0 unspecified atom stereocenters. The van der Waals surface area contributed by atoms with Crippen molar-refractivity contribution in [2.45, 2.75) is 31.2 Å². The lowest BCUT2D eigenvalue weighted by atomic mass is 10.1. The summed E-state index contributed by atoms with van der Waals surface area (Å²) in [5.41, 5.74) is 0.752. The molecule has 140 valence electrons. The fourth-order valence-corrected chi connectivity index (χ4v) is 3.82. The number of ether oxygens (including phenoxy) is 1. The van der Waals surface area contributed by atoms with Gasteiger partial charge >= 0.3 is 5.97 Å². The van der Waals surface area contributed by atoms with Crippen LogP contribution in [0.1, 0.15) is 36.2 Å². The van der Waals surface area contributed by atoms with Gasteiger partial charge in [-0.25, -0.2) is 14.8 Å². The highest BCUT2D eigenvalue weighted by Crippen LogP contribution is 2.45. The number of amides is 1. The van der Waals surface area contributed by atoms with Gasteiger partial charge in [0.1, 0.15) is 23.5 Å². The van der Waals surface area contributed by atoms with Gasteiger partial charge in [0.15, 0.2) is 0 Å². The molecular formula is C18H20N6O3. The minimum absolute atomic E-state index is 0.0520. The summed E-state index contributed by atoms with van der Waals surface area (Å²) < 4.78 is 4.77. The van der Waals surface area contributed by atoms with Gasteiger partial charge in [-0.2, -0.15) is 5.26 Å². The van der Waals surface area contributed by atoms with Crippen molar-refractivity contribution >= 4 is 28.7 Å². The first-order valence-electron chi connectivity index (χ1n) is 8.92. The van der Waals surface area contributed by atoms with E-state index in [9.17, 15) is 9.59 Å². The van der Waals surface area contributed by atoms with Crippen LogP contribution in [0.2, 0.25) is 0 Å². The molecule has 1 spiro atoms. The fraction of sp³-hybridized carbons (Fsp3) is 0.500. The van der Waals surface area contributed by atoms with Crippen molar-refractivity contribution in [3.63, 3.8) is 0 Å². The SMILES string of the molecule is COC(=O)c1cc2c(N3CCN(C(=O)CCC#N)C4(CC4)C3)ncnc2[nH]1. The molecular weight excluding hydrogens is 348 g/mol. The second kappa shape index (κ2) is 6.54. The molecule has 2 aliphatic rings. The third kappa shape index (κ3) is 2.97. The van der Waals surface area contributed by atoms with Crippen LogP contribution in [-0.4, -0.2) is 64.0 Å². The average Bonchev–Trinajstić information content (AvgIpc) is 3.29. The molecule has 1 aliphatic heterocycles. The van der Waals surface area contributed by atoms with Crippen molar-refractivity contribution in [3.8, 4) is 6.07 Å². The summed E-state index contributed by atoms with van der Waals surface area (Å²) in [6.45, 7) is 1.94. The highest BCUT2D eigenvalue weighted by Gasteiger charge is 2.53. The Morgan fingerprint density at radius 3 is 2.89 bits per heavy atom. The van der Waals surface area contributed by atoms with E-state index >= 15 is 0 Å². The summed E-state index contributed by atoms with van der Waals surface area (Å²) >= 11 is 0. The van der Waals surface area contributed by atoms with E-state index in [2.05, 4.69) is 19.9 Å². The predicted molar refractivity (Wildman–Crippen MR) is 96.0 cm³/mol. The number of rotatable bonds is 4. The minimum Gasteiger partial charge on any atom is -0.464 e. The van der Waals surface area contributed by atoms with Crippen LogP contribution in [0.5, 0.6) is 0 Å². The number of H-pyrrole nitrogens is 1. The Kier molecular flexibility index (Phi) is 4.18. The number of methoxy groups -OCH3 is 1. The first kappa shape index (κ1) is 17.3. The standard InChI is InChI=1S/C18H20N6O3/c1-27-17(26)13-9-12-15(22-13)20-11-21-16(12)23-7-8-24(14(25)3-2-6-19)18(10-23)4-5-18/h9,11H,2-5,7-8,10H2,1H3,(H,20,21,22). The number of piperazine rings is 1. The van der Waals surface area contributed by atoms with Crippen LogP contribution in [0.4, 0.5) is 5.82 Å². The van der Waals surface area contributed by atoms with Crippen LogP contribution < -0.4 is 4.90 Å². The van der Waals surface area contributed by atoms with Crippen LogP contribution in [0.25, 0.3) is 11.0 Å². The highest BCUT2D eigenvalue weighted by molar-refractivity contribution is 5.97. The zero-order chi connectivity index (χ0) is 19.0. The fourth-order valence-electron chi connectivity index (χ4n) is 3.82. The minimum atomic E-state index is -0.453. The third-order valence-corrected chi connectivity index (χ3v) is 5.34. The molecule has 0 atom stereocenters. The summed E-state index contributed by atoms with van der Waals surface area (Å²) in [6.07, 6.45) is 3.91. The number of aromatic amines is 1. The second-order valence-corrected chi connectivity index (χ2v) is 6.98. The molecule has 1 N–H and O–H groups in total. The molecule has 1 amide bonds. The van der Waals surface area contributed by atoms with Gasteiger partial charge in [0.25, 0.3) is 0 Å². The number of fused-ring (bicyclic) bond motifs is 1. The number of aromatic nitrogens is 3. The monoisotopic (exact) mass is 368 g/mol. The molecule has 1 saturated heterocycles. The maximum absolute atomic E-state index is 12.5. The van der Waals surface area contributed by atoms with E-state index < -0.39 is 5.97 Å². The molecule has 1 saturated carbocycles. The Hall–Kier alpha value is -3.15. The van der Waals surface area contributed by atoms with E-state index in [1.165, 1.54) is 13.4 Å². The van der Waals surface area contributed by atoms with Crippen molar-refractivity contribution in [1.82, 2.24) is 19.9 Å². The van der Waals surface area contributed by atoms with Crippen molar-refractivity contribution in [3.05, 3.63) is 18.1 Å². The van der Waals surface area contributed by atoms with Crippen LogP contribution >= 0.6 is 0 Å². The second-order valence-electron chi connectivity index (χ2n) is 6.98. The van der Waals surface area contributed by atoms with Gasteiger partial charge in [-0.3, -0.25) is 4.79 Å². The number of nitriles is 1. The van der Waals surface area contributed by atoms with E-state index in [4.69, 9.17) is 10.00 Å². The van der Waals surface area contributed by atoms with Crippen molar-refractivity contribution in [1.29, 1.82) is 5.26 Å². The summed E-state index contributed by atoms with van der Waals surface area (Å²) in [5.74, 6) is 0.350. The molecule has 4 rings (SSSR count). The molecule has 2 fully saturated rings. The van der Waals surface area contributed by atoms with E-state index in [-0.39, 0.29) is 24.3 Å². The zero-order valence-corrected chi connectivity index (χ0v) is 15.1. The third-order valence-electron chi connectivity index (χ3n) is 5.34. The number of esters is 1. The Morgan fingerprint density at radius 1 is 1.37 bits per heavy atom. The van der Waals surface area contributed by atoms with Crippen molar-refractivity contribution in [2.24, 2.45) is 0 Å². The maximum atomic E-state index is 12.5. The first-order valence-corrected chi connectivity index (χ1v) is 8.92. The lowest BCUT2D eigenvalue weighted by Gasteiger charge is -2.42. The smallest absolute Gasteiger partial charge is 0.354 e. The summed E-state index contributed by atoms with van der Waals surface area (Å²) in [7, 11) is 1.33. The maximum Gasteiger partial charge on any atom is 0.354 e. The van der Waals surface area contributed by atoms with Crippen LogP contribution in [-0.2, 0) is 9.53 Å². The Balaban J connectivity index is 1.59. The van der Waals surface area contributed by atoms with Gasteiger partial charge in [-0.1, -0.05) is 0 Å². The quantitative estimate of drug-likeness (QED) is 0.807. The molecule has 2 aromatic heterocycles. The topological polar surface area (TPSA) is 115 Å². The van der Waals surface area contributed by atoms with Crippen molar-refractivity contribution < 1.29 is 14.3 Å². The molecule has 2 aromatic rings. The lowest BCUT2D eigenvalue weighted by Crippen LogP contribution is -2.57. The lowest BCUT2D eigenvalue weighted by molar-refractivity contribution is -0.134. The summed E-state index contributed by atoms with van der Waals surface area (Å²) in [5, 5.41) is 9.49. The summed E-state index contributed by atoms with van der Waals surface area (Å²) in [4.78, 5) is 40.0. The van der Waals surface area contributed by atoms with Gasteiger partial charge in [-0.05, 0) is 18.9 Å². The number of anilines is 1. The molecule has 0 radical (unpaired) electrons. The molecule has 9 heteroatoms. The Labute approximate surface area is 155 Å². The van der Waals surface area contributed by atoms with E-state index in [0.29, 0.717) is 31.0 Å². The Morgan fingerprint density at radius 2 is 2.19 bits per heavy atom. The molecule has 0 bridgehead atoms. The number of carbonyl (C=O) groups is 2. The van der Waals surface area contributed by atoms with Gasteiger partial charge in [-0.15, -0.1) is 0 Å². The van der Waals surface area contributed by atoms with Crippen LogP contribution in [0, 0.1) is 11.3 Å². The average molecular weight is 368 g/mol. The van der Waals surface area contributed by atoms with Gasteiger partial charge in [0, 0.05) is 32.5 Å². The van der Waals surface area contributed by atoms with Crippen LogP contribution in [0.15, 0.2) is 12.4 Å². The van der Waals surface area contributed by atoms with Crippen molar-refractivity contribution in [2.75, 3.05) is 31.6 Å². The molecule has 1 aliphatic carbocycles. The molecule has 3 heterocycles. The van der Waals surface area contributed by atoms with E-state index in [1.807, 2.05) is 11.0 Å².